The topological polar surface area (TPSA) is 66.8 Å². The Bertz CT molecular complexity index is 576. The molecule has 7 heteroatoms. The van der Waals surface area contributed by atoms with E-state index in [9.17, 15) is 8.42 Å². The predicted octanol–water partition coefficient (Wildman–Crippen LogP) is 1.85. The Labute approximate surface area is 127 Å². The van der Waals surface area contributed by atoms with Gasteiger partial charge in [-0.15, -0.1) is 0 Å². The maximum atomic E-state index is 12.7. The lowest BCUT2D eigenvalue weighted by Gasteiger charge is -2.18. The summed E-state index contributed by atoms with van der Waals surface area (Å²) < 4.78 is 32.7. The van der Waals surface area contributed by atoms with Crippen molar-refractivity contribution in [3.63, 3.8) is 0 Å². The van der Waals surface area contributed by atoms with Gasteiger partial charge < -0.3 is 9.84 Å². The molecule has 2 rings (SSSR count). The summed E-state index contributed by atoms with van der Waals surface area (Å²) in [4.78, 5) is 0.180. The van der Waals surface area contributed by atoms with E-state index in [0.29, 0.717) is 29.7 Å². The molecule has 1 aromatic rings. The van der Waals surface area contributed by atoms with Crippen LogP contribution in [0.15, 0.2) is 27.6 Å². The smallest absolute Gasteiger partial charge is 0.246 e. The van der Waals surface area contributed by atoms with Crippen LogP contribution in [-0.2, 0) is 10.0 Å². The van der Waals surface area contributed by atoms with Gasteiger partial charge >= 0.3 is 0 Å². The van der Waals surface area contributed by atoms with Crippen molar-refractivity contribution < 1.29 is 18.3 Å². The van der Waals surface area contributed by atoms with E-state index >= 15 is 0 Å². The third-order valence-electron chi connectivity index (χ3n) is 3.53. The molecule has 20 heavy (non-hydrogen) atoms. The van der Waals surface area contributed by atoms with Crippen molar-refractivity contribution in [3.8, 4) is 5.75 Å². The van der Waals surface area contributed by atoms with E-state index in [1.807, 2.05) is 0 Å². The molecular formula is C13H18BrNO4S. The number of rotatable bonds is 5. The quantitative estimate of drug-likeness (QED) is 0.866. The van der Waals surface area contributed by atoms with Crippen LogP contribution in [0, 0.1) is 5.92 Å². The Kier molecular flexibility index (Phi) is 5.06. The van der Waals surface area contributed by atoms with Gasteiger partial charge in [-0.25, -0.2) is 8.42 Å². The molecule has 0 aliphatic carbocycles. The average molecular weight is 364 g/mol. The Morgan fingerprint density at radius 1 is 1.50 bits per heavy atom. The maximum Gasteiger partial charge on any atom is 0.246 e. The van der Waals surface area contributed by atoms with Gasteiger partial charge in [0, 0.05) is 24.2 Å². The molecule has 1 aliphatic rings. The monoisotopic (exact) mass is 363 g/mol. The van der Waals surface area contributed by atoms with Crippen molar-refractivity contribution in [1.29, 1.82) is 0 Å². The molecule has 0 radical (unpaired) electrons. The van der Waals surface area contributed by atoms with Crippen LogP contribution in [0.1, 0.15) is 12.8 Å². The Hall–Kier alpha value is -0.630. The second kappa shape index (κ2) is 6.43. The summed E-state index contributed by atoms with van der Waals surface area (Å²) in [7, 11) is -2.10. The first-order valence-electron chi connectivity index (χ1n) is 6.43. The number of benzene rings is 1. The second-order valence-electron chi connectivity index (χ2n) is 4.83. The Balaban J connectivity index is 2.29. The highest BCUT2D eigenvalue weighted by Gasteiger charge is 2.34. The van der Waals surface area contributed by atoms with Crippen molar-refractivity contribution in [2.24, 2.45) is 5.92 Å². The molecular weight excluding hydrogens is 346 g/mol. The fourth-order valence-electron chi connectivity index (χ4n) is 2.42. The number of ether oxygens (including phenoxy) is 1. The molecule has 1 aliphatic heterocycles. The highest BCUT2D eigenvalue weighted by molar-refractivity contribution is 9.10. The minimum absolute atomic E-state index is 0.0960. The molecule has 1 N–H and O–H groups in total. The summed E-state index contributed by atoms with van der Waals surface area (Å²) in [5.41, 5.74) is 0. The number of sulfonamides is 1. The molecule has 1 aromatic carbocycles. The third kappa shape index (κ3) is 3.16. The van der Waals surface area contributed by atoms with Gasteiger partial charge in [0.15, 0.2) is 0 Å². The minimum Gasteiger partial charge on any atom is -0.495 e. The molecule has 0 bridgehead atoms. The lowest BCUT2D eigenvalue weighted by Crippen LogP contribution is -2.29. The minimum atomic E-state index is -3.56. The second-order valence-corrected chi connectivity index (χ2v) is 7.65. The predicted molar refractivity (Wildman–Crippen MR) is 79.3 cm³/mol. The van der Waals surface area contributed by atoms with Gasteiger partial charge in [0.25, 0.3) is 0 Å². The van der Waals surface area contributed by atoms with E-state index in [4.69, 9.17) is 9.84 Å². The standard InChI is InChI=1S/C13H18BrNO4S/c1-19-12-3-2-11(14)8-13(12)20(17,18)15-6-4-10(9-15)5-7-16/h2-3,8,10,16H,4-7,9H2,1H3. The lowest BCUT2D eigenvalue weighted by molar-refractivity contribution is 0.259. The van der Waals surface area contributed by atoms with E-state index in [1.54, 1.807) is 18.2 Å². The van der Waals surface area contributed by atoms with E-state index in [1.165, 1.54) is 11.4 Å². The average Bonchev–Trinajstić information content (AvgIpc) is 2.88. The van der Waals surface area contributed by atoms with E-state index < -0.39 is 10.0 Å². The summed E-state index contributed by atoms with van der Waals surface area (Å²) in [6, 6.07) is 4.95. The van der Waals surface area contributed by atoms with Crippen LogP contribution >= 0.6 is 15.9 Å². The van der Waals surface area contributed by atoms with E-state index in [2.05, 4.69) is 15.9 Å². The summed E-state index contributed by atoms with van der Waals surface area (Å²) in [5.74, 6) is 0.576. The molecule has 5 nitrogen and oxygen atoms in total. The Morgan fingerprint density at radius 2 is 2.25 bits per heavy atom. The fraction of sp³-hybridized carbons (Fsp3) is 0.538. The van der Waals surface area contributed by atoms with E-state index in [-0.39, 0.29) is 17.4 Å². The van der Waals surface area contributed by atoms with Crippen LogP contribution in [0.2, 0.25) is 0 Å². The number of halogens is 1. The van der Waals surface area contributed by atoms with Crippen LogP contribution in [0.25, 0.3) is 0 Å². The van der Waals surface area contributed by atoms with Crippen molar-refractivity contribution in [3.05, 3.63) is 22.7 Å². The van der Waals surface area contributed by atoms with Crippen LogP contribution in [0.4, 0.5) is 0 Å². The van der Waals surface area contributed by atoms with Crippen molar-refractivity contribution >= 4 is 26.0 Å². The molecule has 1 fully saturated rings. The largest absolute Gasteiger partial charge is 0.495 e. The maximum absolute atomic E-state index is 12.7. The van der Waals surface area contributed by atoms with Gasteiger partial charge in [0.05, 0.1) is 7.11 Å². The van der Waals surface area contributed by atoms with Gasteiger partial charge in [-0.1, -0.05) is 15.9 Å². The normalized spacial score (nSPS) is 20.2. The fourth-order valence-corrected chi connectivity index (χ4v) is 4.65. The van der Waals surface area contributed by atoms with Gasteiger partial charge in [-0.3, -0.25) is 0 Å². The molecule has 1 saturated heterocycles. The van der Waals surface area contributed by atoms with Gasteiger partial charge in [-0.2, -0.15) is 4.31 Å². The van der Waals surface area contributed by atoms with Crippen LogP contribution < -0.4 is 4.74 Å². The first-order chi connectivity index (χ1) is 9.48. The van der Waals surface area contributed by atoms with Gasteiger partial charge in [0.1, 0.15) is 10.6 Å². The molecule has 0 saturated carbocycles. The van der Waals surface area contributed by atoms with Crippen LogP contribution in [-0.4, -0.2) is 44.6 Å². The molecule has 0 amide bonds. The van der Waals surface area contributed by atoms with Crippen LogP contribution in [0.5, 0.6) is 5.75 Å². The zero-order valence-corrected chi connectivity index (χ0v) is 13.7. The summed E-state index contributed by atoms with van der Waals surface area (Å²) in [5, 5.41) is 8.96. The molecule has 1 unspecified atom stereocenters. The molecule has 1 atom stereocenters. The molecule has 112 valence electrons. The van der Waals surface area contributed by atoms with Crippen molar-refractivity contribution in [1.82, 2.24) is 4.31 Å². The first-order valence-corrected chi connectivity index (χ1v) is 8.67. The van der Waals surface area contributed by atoms with Crippen molar-refractivity contribution in [2.45, 2.75) is 17.7 Å². The number of methoxy groups -OCH3 is 1. The molecule has 0 spiro atoms. The Morgan fingerprint density at radius 3 is 2.90 bits per heavy atom. The number of hydrogen-bond donors (Lipinski definition) is 1. The number of aliphatic hydroxyl groups is 1. The summed E-state index contributed by atoms with van der Waals surface area (Å²) in [6.07, 6.45) is 1.43. The van der Waals surface area contributed by atoms with Crippen molar-refractivity contribution in [2.75, 3.05) is 26.8 Å². The van der Waals surface area contributed by atoms with Crippen LogP contribution in [0.3, 0.4) is 0 Å². The first kappa shape index (κ1) is 15.8. The third-order valence-corrected chi connectivity index (χ3v) is 5.91. The lowest BCUT2D eigenvalue weighted by atomic mass is 10.1. The number of nitrogens with zero attached hydrogens (tertiary/aromatic N) is 1. The van der Waals surface area contributed by atoms with Gasteiger partial charge in [-0.05, 0) is 37.0 Å². The number of aliphatic hydroxyl groups excluding tert-OH is 1. The van der Waals surface area contributed by atoms with E-state index in [0.717, 1.165) is 6.42 Å². The van der Waals surface area contributed by atoms with Gasteiger partial charge in [0.2, 0.25) is 10.0 Å². The summed E-state index contributed by atoms with van der Waals surface area (Å²) >= 11 is 3.29. The molecule has 1 heterocycles. The highest BCUT2D eigenvalue weighted by Crippen LogP contribution is 2.32. The number of hydrogen-bond acceptors (Lipinski definition) is 4. The zero-order chi connectivity index (χ0) is 14.8. The zero-order valence-electron chi connectivity index (χ0n) is 11.3. The summed E-state index contributed by atoms with van der Waals surface area (Å²) in [6.45, 7) is 1.04. The highest BCUT2D eigenvalue weighted by atomic mass is 79.9. The molecule has 0 aromatic heterocycles. The SMILES string of the molecule is COc1ccc(Br)cc1S(=O)(=O)N1CCC(CCO)C1.